The first-order chi connectivity index (χ1) is 9.29. The minimum Gasteiger partial charge on any atom is -0.493 e. The molecule has 0 bridgehead atoms. The van der Waals surface area contributed by atoms with Gasteiger partial charge >= 0.3 is 0 Å². The molecular formula is C16H13FO2. The molecule has 0 fully saturated rings. The fraction of sp³-hybridized carbons (Fsp3) is 0.125. The van der Waals surface area contributed by atoms with Gasteiger partial charge < -0.3 is 9.47 Å². The Kier molecular flexibility index (Phi) is 4.41. The number of hydrogen-bond donors (Lipinski definition) is 0. The summed E-state index contributed by atoms with van der Waals surface area (Å²) in [6, 6.07) is 13.4. The maximum absolute atomic E-state index is 12.7. The van der Waals surface area contributed by atoms with Gasteiger partial charge in [0.2, 0.25) is 0 Å². The topological polar surface area (TPSA) is 18.5 Å². The van der Waals surface area contributed by atoms with Crippen molar-refractivity contribution in [1.82, 2.24) is 0 Å². The highest BCUT2D eigenvalue weighted by molar-refractivity contribution is 5.40. The van der Waals surface area contributed by atoms with E-state index in [0.29, 0.717) is 11.5 Å². The summed E-state index contributed by atoms with van der Waals surface area (Å²) in [5, 5.41) is 0. The Morgan fingerprint density at radius 1 is 1.00 bits per heavy atom. The second-order valence-corrected chi connectivity index (χ2v) is 3.75. The zero-order valence-electron chi connectivity index (χ0n) is 10.5. The van der Waals surface area contributed by atoms with E-state index in [2.05, 4.69) is 11.8 Å². The van der Waals surface area contributed by atoms with Gasteiger partial charge in [-0.05, 0) is 36.4 Å². The molecule has 0 aliphatic carbocycles. The first-order valence-electron chi connectivity index (χ1n) is 5.80. The molecule has 0 radical (unpaired) electrons. The van der Waals surface area contributed by atoms with Crippen LogP contribution in [0.25, 0.3) is 0 Å². The first-order valence-corrected chi connectivity index (χ1v) is 5.80. The van der Waals surface area contributed by atoms with Crippen molar-refractivity contribution in [2.45, 2.75) is 0 Å². The van der Waals surface area contributed by atoms with Crippen LogP contribution < -0.4 is 9.47 Å². The van der Waals surface area contributed by atoms with E-state index < -0.39 is 0 Å². The van der Waals surface area contributed by atoms with Crippen LogP contribution in [0.15, 0.2) is 48.5 Å². The third kappa shape index (κ3) is 3.75. The average Bonchev–Trinajstić information content (AvgIpc) is 2.46. The molecule has 0 saturated heterocycles. The second kappa shape index (κ2) is 6.46. The monoisotopic (exact) mass is 256 g/mol. The summed E-state index contributed by atoms with van der Waals surface area (Å²) in [6.45, 7) is 0.248. The lowest BCUT2D eigenvalue weighted by Crippen LogP contribution is -1.96. The van der Waals surface area contributed by atoms with Crippen LogP contribution in [-0.2, 0) is 0 Å². The quantitative estimate of drug-likeness (QED) is 0.785. The van der Waals surface area contributed by atoms with E-state index >= 15 is 0 Å². The zero-order valence-corrected chi connectivity index (χ0v) is 10.5. The van der Waals surface area contributed by atoms with Gasteiger partial charge in [-0.2, -0.15) is 0 Å². The number of halogens is 1. The van der Waals surface area contributed by atoms with Gasteiger partial charge in [0.1, 0.15) is 12.4 Å². The number of hydrogen-bond acceptors (Lipinski definition) is 2. The average molecular weight is 256 g/mol. The predicted molar refractivity (Wildman–Crippen MR) is 71.8 cm³/mol. The van der Waals surface area contributed by atoms with Crippen molar-refractivity contribution in [2.75, 3.05) is 13.7 Å². The molecule has 0 unspecified atom stereocenters. The van der Waals surface area contributed by atoms with Crippen molar-refractivity contribution in [2.24, 2.45) is 0 Å². The highest BCUT2D eigenvalue weighted by atomic mass is 19.1. The smallest absolute Gasteiger partial charge is 0.162 e. The minimum atomic E-state index is -0.268. The molecule has 2 aromatic carbocycles. The molecule has 2 aromatic rings. The maximum Gasteiger partial charge on any atom is 0.162 e. The van der Waals surface area contributed by atoms with Crippen LogP contribution in [0.2, 0.25) is 0 Å². The van der Waals surface area contributed by atoms with Crippen LogP contribution in [0, 0.1) is 17.7 Å². The van der Waals surface area contributed by atoms with E-state index in [1.807, 2.05) is 24.3 Å². The van der Waals surface area contributed by atoms with Gasteiger partial charge in [0.15, 0.2) is 11.5 Å². The maximum atomic E-state index is 12.7. The number of benzene rings is 2. The molecule has 0 N–H and O–H groups in total. The molecule has 0 spiro atoms. The minimum absolute atomic E-state index is 0.248. The van der Waals surface area contributed by atoms with Crippen molar-refractivity contribution in [1.29, 1.82) is 0 Å². The molecule has 96 valence electrons. The summed E-state index contributed by atoms with van der Waals surface area (Å²) in [5.41, 5.74) is 0.755. The third-order valence-corrected chi connectivity index (χ3v) is 2.45. The Balaban J connectivity index is 1.95. The van der Waals surface area contributed by atoms with Crippen LogP contribution >= 0.6 is 0 Å². The number of methoxy groups -OCH3 is 1. The third-order valence-electron chi connectivity index (χ3n) is 2.45. The van der Waals surface area contributed by atoms with Gasteiger partial charge in [-0.15, -0.1) is 0 Å². The summed E-state index contributed by atoms with van der Waals surface area (Å²) >= 11 is 0. The van der Waals surface area contributed by atoms with E-state index in [1.165, 1.54) is 12.1 Å². The van der Waals surface area contributed by atoms with Crippen LogP contribution in [0.3, 0.4) is 0 Å². The Bertz CT molecular complexity index is 594. The molecule has 0 saturated carbocycles. The molecule has 3 heteroatoms. The molecule has 0 amide bonds. The second-order valence-electron chi connectivity index (χ2n) is 3.75. The summed E-state index contributed by atoms with van der Waals surface area (Å²) in [7, 11) is 1.59. The van der Waals surface area contributed by atoms with Gasteiger partial charge in [-0.3, -0.25) is 0 Å². The van der Waals surface area contributed by atoms with E-state index in [9.17, 15) is 4.39 Å². The molecule has 0 aliphatic heterocycles. The van der Waals surface area contributed by atoms with Crippen LogP contribution in [0.4, 0.5) is 4.39 Å². The van der Waals surface area contributed by atoms with Gasteiger partial charge in [0.05, 0.1) is 7.11 Å². The van der Waals surface area contributed by atoms with Crippen molar-refractivity contribution < 1.29 is 13.9 Å². The largest absolute Gasteiger partial charge is 0.493 e. The van der Waals surface area contributed by atoms with E-state index in [0.717, 1.165) is 5.56 Å². The van der Waals surface area contributed by atoms with Crippen LogP contribution in [-0.4, -0.2) is 13.7 Å². The lowest BCUT2D eigenvalue weighted by Gasteiger charge is -2.07. The van der Waals surface area contributed by atoms with Crippen LogP contribution in [0.5, 0.6) is 11.5 Å². The van der Waals surface area contributed by atoms with Gasteiger partial charge in [-0.1, -0.05) is 24.0 Å². The zero-order chi connectivity index (χ0) is 13.5. The highest BCUT2D eigenvalue weighted by Crippen LogP contribution is 2.25. The molecule has 0 heterocycles. The van der Waals surface area contributed by atoms with E-state index in [1.54, 1.807) is 19.2 Å². The molecule has 19 heavy (non-hydrogen) atoms. The fourth-order valence-electron chi connectivity index (χ4n) is 1.52. The molecule has 0 aliphatic rings. The molecule has 0 aromatic heterocycles. The Morgan fingerprint density at radius 3 is 2.37 bits per heavy atom. The van der Waals surface area contributed by atoms with Gasteiger partial charge in [0, 0.05) is 5.56 Å². The summed E-state index contributed by atoms with van der Waals surface area (Å²) < 4.78 is 23.4. The van der Waals surface area contributed by atoms with Crippen molar-refractivity contribution >= 4 is 0 Å². The SMILES string of the molecule is COc1ccccc1OCC#Cc1ccc(F)cc1. The van der Waals surface area contributed by atoms with E-state index in [-0.39, 0.29) is 12.4 Å². The molecule has 0 atom stereocenters. The predicted octanol–water partition coefficient (Wildman–Crippen LogP) is 3.26. The summed E-state index contributed by atoms with van der Waals surface area (Å²) in [6.07, 6.45) is 0. The van der Waals surface area contributed by atoms with Crippen LogP contribution in [0.1, 0.15) is 5.56 Å². The first kappa shape index (κ1) is 13.0. The number of para-hydroxylation sites is 2. The van der Waals surface area contributed by atoms with Crippen molar-refractivity contribution in [3.63, 3.8) is 0 Å². The number of ether oxygens (including phenoxy) is 2. The normalized spacial score (nSPS) is 9.37. The Morgan fingerprint density at radius 2 is 1.68 bits per heavy atom. The van der Waals surface area contributed by atoms with Gasteiger partial charge in [-0.25, -0.2) is 4.39 Å². The van der Waals surface area contributed by atoms with E-state index in [4.69, 9.17) is 9.47 Å². The van der Waals surface area contributed by atoms with Crippen molar-refractivity contribution in [3.05, 3.63) is 59.9 Å². The lowest BCUT2D eigenvalue weighted by molar-refractivity contribution is 0.331. The summed E-state index contributed by atoms with van der Waals surface area (Å²) in [5.74, 6) is 6.82. The molecular weight excluding hydrogens is 243 g/mol. The highest BCUT2D eigenvalue weighted by Gasteiger charge is 2.00. The number of rotatable bonds is 3. The molecule has 2 nitrogen and oxygen atoms in total. The summed E-state index contributed by atoms with van der Waals surface area (Å²) in [4.78, 5) is 0. The fourth-order valence-corrected chi connectivity index (χ4v) is 1.52. The Hall–Kier alpha value is -2.47. The van der Waals surface area contributed by atoms with Crippen molar-refractivity contribution in [3.8, 4) is 23.3 Å². The standard InChI is InChI=1S/C16H13FO2/c1-18-15-6-2-3-7-16(15)19-12-4-5-13-8-10-14(17)11-9-13/h2-3,6-11H,12H2,1H3. The molecule has 2 rings (SSSR count). The van der Waals surface area contributed by atoms with Gasteiger partial charge in [0.25, 0.3) is 0 Å². The lowest BCUT2D eigenvalue weighted by atomic mass is 10.2. The Labute approximate surface area is 111 Å².